The maximum absolute atomic E-state index is 12.7. The van der Waals surface area contributed by atoms with Gasteiger partial charge in [0.25, 0.3) is 0 Å². The summed E-state index contributed by atoms with van der Waals surface area (Å²) in [7, 11) is 1.64. The number of hydrogen-bond donors (Lipinski definition) is 1. The molecule has 2 rings (SSSR count). The van der Waals surface area contributed by atoms with E-state index in [4.69, 9.17) is 5.11 Å². The third kappa shape index (κ3) is 1.79. The van der Waals surface area contributed by atoms with E-state index in [1.807, 2.05) is 0 Å². The van der Waals surface area contributed by atoms with Crippen LogP contribution in [0.25, 0.3) is 11.3 Å². The van der Waals surface area contributed by atoms with Gasteiger partial charge >= 0.3 is 5.97 Å². The molecule has 0 aliphatic carbocycles. The topological polar surface area (TPSA) is 55.1 Å². The van der Waals surface area contributed by atoms with Crippen LogP contribution >= 0.6 is 0 Å². The number of carboxylic acid groups (broad SMARTS) is 1. The molecule has 4 nitrogen and oxygen atoms in total. The first-order valence-corrected chi connectivity index (χ1v) is 4.61. The van der Waals surface area contributed by atoms with E-state index in [1.54, 1.807) is 7.05 Å². The number of benzene rings is 1. The standard InChI is InChI=1S/C11H9FN2O2/c1-14-6-9(11(15)16)10(13-14)7-2-4-8(12)5-3-7/h2-6H,1H3,(H,15,16). The van der Waals surface area contributed by atoms with Crippen molar-refractivity contribution in [2.24, 2.45) is 7.05 Å². The van der Waals surface area contributed by atoms with Crippen molar-refractivity contribution >= 4 is 5.97 Å². The summed E-state index contributed by atoms with van der Waals surface area (Å²) >= 11 is 0. The van der Waals surface area contributed by atoms with E-state index in [-0.39, 0.29) is 11.4 Å². The Balaban J connectivity index is 2.55. The molecule has 0 saturated carbocycles. The van der Waals surface area contributed by atoms with Crippen molar-refractivity contribution in [3.05, 3.63) is 41.8 Å². The summed E-state index contributed by atoms with van der Waals surface area (Å²) in [6, 6.07) is 5.56. The van der Waals surface area contributed by atoms with Crippen LogP contribution in [0.1, 0.15) is 10.4 Å². The number of aromatic nitrogens is 2. The molecule has 0 atom stereocenters. The average molecular weight is 220 g/mol. The molecule has 1 aromatic carbocycles. The van der Waals surface area contributed by atoms with Gasteiger partial charge in [-0.2, -0.15) is 5.10 Å². The van der Waals surface area contributed by atoms with E-state index in [2.05, 4.69) is 5.10 Å². The zero-order valence-corrected chi connectivity index (χ0v) is 8.51. The van der Waals surface area contributed by atoms with E-state index in [0.29, 0.717) is 11.3 Å². The van der Waals surface area contributed by atoms with E-state index in [9.17, 15) is 9.18 Å². The van der Waals surface area contributed by atoms with Crippen LogP contribution in [0, 0.1) is 5.82 Å². The molecule has 1 heterocycles. The predicted molar refractivity (Wildman–Crippen MR) is 55.6 cm³/mol. The number of carbonyl (C=O) groups is 1. The quantitative estimate of drug-likeness (QED) is 0.841. The molecule has 16 heavy (non-hydrogen) atoms. The monoisotopic (exact) mass is 220 g/mol. The van der Waals surface area contributed by atoms with Gasteiger partial charge in [0, 0.05) is 18.8 Å². The van der Waals surface area contributed by atoms with Crippen molar-refractivity contribution < 1.29 is 14.3 Å². The molecule has 0 saturated heterocycles. The zero-order valence-electron chi connectivity index (χ0n) is 8.51. The van der Waals surface area contributed by atoms with Crippen LogP contribution in [0.3, 0.4) is 0 Å². The number of rotatable bonds is 2. The van der Waals surface area contributed by atoms with Crippen molar-refractivity contribution in [3.8, 4) is 11.3 Å². The number of aromatic carboxylic acids is 1. The molecule has 82 valence electrons. The molecule has 0 unspecified atom stereocenters. The van der Waals surface area contributed by atoms with Crippen LogP contribution in [-0.2, 0) is 7.05 Å². The summed E-state index contributed by atoms with van der Waals surface area (Å²) < 4.78 is 14.1. The Bertz CT molecular complexity index is 531. The Hall–Kier alpha value is -2.17. The van der Waals surface area contributed by atoms with E-state index in [0.717, 1.165) is 0 Å². The molecule has 0 spiro atoms. The molecular weight excluding hydrogens is 211 g/mol. The third-order valence-electron chi connectivity index (χ3n) is 2.18. The number of carboxylic acids is 1. The molecule has 5 heteroatoms. The Kier molecular flexibility index (Phi) is 2.44. The molecule has 0 bridgehead atoms. The Morgan fingerprint density at radius 1 is 1.38 bits per heavy atom. The van der Waals surface area contributed by atoms with Crippen LogP contribution in [-0.4, -0.2) is 20.9 Å². The highest BCUT2D eigenvalue weighted by Gasteiger charge is 2.15. The smallest absolute Gasteiger partial charge is 0.339 e. The molecule has 0 fully saturated rings. The first-order chi connectivity index (χ1) is 7.58. The van der Waals surface area contributed by atoms with Crippen molar-refractivity contribution in [2.45, 2.75) is 0 Å². The van der Waals surface area contributed by atoms with Crippen LogP contribution in [0.5, 0.6) is 0 Å². The molecule has 2 aromatic rings. The van der Waals surface area contributed by atoms with Gasteiger partial charge in [-0.05, 0) is 24.3 Å². The molecule has 0 radical (unpaired) electrons. The van der Waals surface area contributed by atoms with E-state index in [1.165, 1.54) is 35.1 Å². The van der Waals surface area contributed by atoms with E-state index < -0.39 is 5.97 Å². The van der Waals surface area contributed by atoms with Crippen molar-refractivity contribution in [3.63, 3.8) is 0 Å². The Labute approximate surface area is 90.9 Å². The highest BCUT2D eigenvalue weighted by molar-refractivity contribution is 5.94. The highest BCUT2D eigenvalue weighted by atomic mass is 19.1. The fourth-order valence-corrected chi connectivity index (χ4v) is 1.47. The first kappa shape index (κ1) is 10.4. The lowest BCUT2D eigenvalue weighted by atomic mass is 10.1. The SMILES string of the molecule is Cn1cc(C(=O)O)c(-c2ccc(F)cc2)n1. The van der Waals surface area contributed by atoms with Crippen LogP contribution < -0.4 is 0 Å². The predicted octanol–water partition coefficient (Wildman–Crippen LogP) is 1.92. The van der Waals surface area contributed by atoms with Crippen molar-refractivity contribution in [1.29, 1.82) is 0 Å². The fraction of sp³-hybridized carbons (Fsp3) is 0.0909. The van der Waals surface area contributed by atoms with Gasteiger partial charge in [-0.3, -0.25) is 4.68 Å². The van der Waals surface area contributed by atoms with Crippen molar-refractivity contribution in [2.75, 3.05) is 0 Å². The van der Waals surface area contributed by atoms with Gasteiger partial charge in [0.15, 0.2) is 0 Å². The summed E-state index contributed by atoms with van der Waals surface area (Å²) in [5, 5.41) is 13.0. The summed E-state index contributed by atoms with van der Waals surface area (Å²) in [5.74, 6) is -1.41. The number of nitrogens with zero attached hydrogens (tertiary/aromatic N) is 2. The maximum atomic E-state index is 12.7. The summed E-state index contributed by atoms with van der Waals surface area (Å²) in [6.45, 7) is 0. The molecule has 0 aliphatic rings. The van der Waals surface area contributed by atoms with Gasteiger partial charge in [-0.1, -0.05) is 0 Å². The number of halogens is 1. The lowest BCUT2D eigenvalue weighted by molar-refractivity contribution is 0.0697. The third-order valence-corrected chi connectivity index (χ3v) is 2.18. The number of aryl methyl sites for hydroxylation is 1. The van der Waals surface area contributed by atoms with Gasteiger partial charge in [0.05, 0.1) is 0 Å². The van der Waals surface area contributed by atoms with Gasteiger partial charge < -0.3 is 5.11 Å². The van der Waals surface area contributed by atoms with Gasteiger partial charge in [-0.25, -0.2) is 9.18 Å². The first-order valence-electron chi connectivity index (χ1n) is 4.61. The molecule has 0 aliphatic heterocycles. The molecular formula is C11H9FN2O2. The van der Waals surface area contributed by atoms with E-state index >= 15 is 0 Å². The molecule has 0 amide bonds. The second-order valence-electron chi connectivity index (χ2n) is 3.38. The van der Waals surface area contributed by atoms with Gasteiger partial charge in [-0.15, -0.1) is 0 Å². The largest absolute Gasteiger partial charge is 0.478 e. The second kappa shape index (κ2) is 3.77. The zero-order chi connectivity index (χ0) is 11.7. The lowest BCUT2D eigenvalue weighted by Crippen LogP contribution is -1.96. The Morgan fingerprint density at radius 3 is 2.56 bits per heavy atom. The molecule has 1 aromatic heterocycles. The normalized spacial score (nSPS) is 10.4. The van der Waals surface area contributed by atoms with Crippen LogP contribution in [0.15, 0.2) is 30.5 Å². The minimum atomic E-state index is -1.05. The van der Waals surface area contributed by atoms with Crippen LogP contribution in [0.2, 0.25) is 0 Å². The van der Waals surface area contributed by atoms with Gasteiger partial charge in [0.1, 0.15) is 17.1 Å². The number of hydrogen-bond acceptors (Lipinski definition) is 2. The minimum Gasteiger partial charge on any atom is -0.478 e. The minimum absolute atomic E-state index is 0.106. The average Bonchev–Trinajstić information content (AvgIpc) is 2.61. The Morgan fingerprint density at radius 2 is 2.00 bits per heavy atom. The van der Waals surface area contributed by atoms with Gasteiger partial charge in [0.2, 0.25) is 0 Å². The fourth-order valence-electron chi connectivity index (χ4n) is 1.47. The van der Waals surface area contributed by atoms with Crippen LogP contribution in [0.4, 0.5) is 4.39 Å². The summed E-state index contributed by atoms with van der Waals surface area (Å²) in [4.78, 5) is 10.9. The summed E-state index contributed by atoms with van der Waals surface area (Å²) in [6.07, 6.45) is 1.42. The lowest BCUT2D eigenvalue weighted by Gasteiger charge is -1.98. The summed E-state index contributed by atoms with van der Waals surface area (Å²) in [5.41, 5.74) is 1.03. The highest BCUT2D eigenvalue weighted by Crippen LogP contribution is 2.21. The van der Waals surface area contributed by atoms with Crippen molar-refractivity contribution in [1.82, 2.24) is 9.78 Å². The second-order valence-corrected chi connectivity index (χ2v) is 3.38. The molecule has 1 N–H and O–H groups in total. The maximum Gasteiger partial charge on any atom is 0.339 e.